The highest BCUT2D eigenvalue weighted by molar-refractivity contribution is 6.30. The molecule has 5 nitrogen and oxygen atoms in total. The molecule has 2 aliphatic rings. The number of amides is 2. The molecule has 2 heterocycles. The van der Waals surface area contributed by atoms with Crippen molar-refractivity contribution in [1.29, 1.82) is 0 Å². The summed E-state index contributed by atoms with van der Waals surface area (Å²) in [4.78, 5) is 29.6. The molecule has 1 spiro atoms. The van der Waals surface area contributed by atoms with Gasteiger partial charge in [0, 0.05) is 25.7 Å². The fraction of sp³-hybridized carbons (Fsp3) is 0.588. The molecule has 9 heteroatoms. The van der Waals surface area contributed by atoms with Crippen molar-refractivity contribution >= 4 is 29.2 Å². The molecule has 1 aromatic heterocycles. The Balaban J connectivity index is 1.57. The third kappa shape index (κ3) is 3.65. The molecule has 1 aromatic rings. The van der Waals surface area contributed by atoms with E-state index in [1.807, 2.05) is 0 Å². The average Bonchev–Trinajstić information content (AvgIpc) is 3.12. The van der Waals surface area contributed by atoms with Gasteiger partial charge in [0.1, 0.15) is 5.82 Å². The molecule has 0 radical (unpaired) electrons. The van der Waals surface area contributed by atoms with Crippen LogP contribution in [0.15, 0.2) is 12.3 Å². The lowest BCUT2D eigenvalue weighted by molar-refractivity contribution is -0.141. The maximum Gasteiger partial charge on any atom is 0.420 e. The Morgan fingerprint density at radius 1 is 1.27 bits per heavy atom. The molecule has 1 aliphatic carbocycles. The van der Waals surface area contributed by atoms with Gasteiger partial charge in [0.2, 0.25) is 11.8 Å². The summed E-state index contributed by atoms with van der Waals surface area (Å²) >= 11 is 5.59. The van der Waals surface area contributed by atoms with E-state index in [1.165, 1.54) is 4.90 Å². The molecule has 0 bridgehead atoms. The number of nitrogens with zero attached hydrogens (tertiary/aromatic N) is 2. The zero-order valence-corrected chi connectivity index (χ0v) is 14.8. The van der Waals surface area contributed by atoms with Crippen LogP contribution >= 0.6 is 11.6 Å². The van der Waals surface area contributed by atoms with Crippen LogP contribution in [0.5, 0.6) is 0 Å². The third-order valence-corrected chi connectivity index (χ3v) is 5.27. The highest BCUT2D eigenvalue weighted by atomic mass is 35.5. The van der Waals surface area contributed by atoms with Gasteiger partial charge in [-0.3, -0.25) is 14.5 Å². The van der Waals surface area contributed by atoms with Gasteiger partial charge in [-0.1, -0.05) is 24.4 Å². The number of halogens is 4. The van der Waals surface area contributed by atoms with Gasteiger partial charge in [0.25, 0.3) is 0 Å². The van der Waals surface area contributed by atoms with Gasteiger partial charge in [-0.25, -0.2) is 4.98 Å². The summed E-state index contributed by atoms with van der Waals surface area (Å²) in [5, 5.41) is 2.52. The van der Waals surface area contributed by atoms with E-state index in [0.717, 1.165) is 37.9 Å². The summed E-state index contributed by atoms with van der Waals surface area (Å²) in [6.07, 6.45) is 0.567. The lowest BCUT2D eigenvalue weighted by Gasteiger charge is -2.21. The molecule has 1 N–H and O–H groups in total. The lowest BCUT2D eigenvalue weighted by atomic mass is 9.84. The Morgan fingerprint density at radius 2 is 1.96 bits per heavy atom. The molecule has 0 aromatic carbocycles. The van der Waals surface area contributed by atoms with Crippen molar-refractivity contribution in [2.24, 2.45) is 5.41 Å². The van der Waals surface area contributed by atoms with Crippen LogP contribution in [0.2, 0.25) is 5.02 Å². The second-order valence-electron chi connectivity index (χ2n) is 6.84. The maximum atomic E-state index is 13.0. The molecule has 1 saturated heterocycles. The van der Waals surface area contributed by atoms with Crippen LogP contribution in [-0.2, 0) is 15.8 Å². The first kappa shape index (κ1) is 18.9. The van der Waals surface area contributed by atoms with Crippen LogP contribution in [0.1, 0.15) is 44.1 Å². The molecule has 26 heavy (non-hydrogen) atoms. The number of alkyl halides is 3. The number of nitrogens with one attached hydrogen (secondary N) is 1. The minimum absolute atomic E-state index is 0.0991. The van der Waals surface area contributed by atoms with Crippen LogP contribution in [0.3, 0.4) is 0 Å². The molecule has 1 saturated carbocycles. The van der Waals surface area contributed by atoms with Crippen LogP contribution in [0.25, 0.3) is 0 Å². The van der Waals surface area contributed by atoms with Gasteiger partial charge in [-0.05, 0) is 25.3 Å². The Morgan fingerprint density at radius 3 is 2.62 bits per heavy atom. The normalized spacial score (nSPS) is 19.6. The van der Waals surface area contributed by atoms with Gasteiger partial charge in [0.15, 0.2) is 0 Å². The van der Waals surface area contributed by atoms with Crippen molar-refractivity contribution < 1.29 is 22.8 Å². The van der Waals surface area contributed by atoms with E-state index in [0.29, 0.717) is 6.42 Å². The Labute approximate surface area is 153 Å². The highest BCUT2D eigenvalue weighted by Gasteiger charge is 2.52. The Bertz CT molecular complexity index is 718. The van der Waals surface area contributed by atoms with Crippen molar-refractivity contribution in [2.45, 2.75) is 44.7 Å². The summed E-state index contributed by atoms with van der Waals surface area (Å²) in [6.45, 7) is 0.350. The summed E-state index contributed by atoms with van der Waals surface area (Å²) < 4.78 is 39.1. The number of anilines is 1. The largest absolute Gasteiger partial charge is 0.420 e. The zero-order valence-electron chi connectivity index (χ0n) is 14.0. The standard InChI is InChI=1S/C17H19ClF3N3O2/c18-11-8-12(17(19,20)21)14(23-10-11)22-6-3-7-24-13(25)9-16(15(24)26)4-1-2-5-16/h8,10H,1-7,9H2,(H,22,23). The van der Waals surface area contributed by atoms with Gasteiger partial charge in [-0.2, -0.15) is 13.2 Å². The summed E-state index contributed by atoms with van der Waals surface area (Å²) in [6, 6.07) is 0.814. The first-order chi connectivity index (χ1) is 12.2. The quantitative estimate of drug-likeness (QED) is 0.613. The van der Waals surface area contributed by atoms with Crippen molar-refractivity contribution in [3.8, 4) is 0 Å². The van der Waals surface area contributed by atoms with Crippen molar-refractivity contribution in [3.05, 3.63) is 22.8 Å². The molecule has 2 amide bonds. The number of pyridine rings is 1. The number of hydrogen-bond donors (Lipinski definition) is 1. The van der Waals surface area contributed by atoms with Crippen LogP contribution in [0, 0.1) is 5.41 Å². The van der Waals surface area contributed by atoms with Crippen molar-refractivity contribution in [2.75, 3.05) is 18.4 Å². The van der Waals surface area contributed by atoms with E-state index < -0.39 is 17.2 Å². The molecule has 3 rings (SSSR count). The molecule has 2 fully saturated rings. The van der Waals surface area contributed by atoms with E-state index in [9.17, 15) is 22.8 Å². The predicted octanol–water partition coefficient (Wildman–Crippen LogP) is 3.88. The Kier molecular flexibility index (Phi) is 5.14. The van der Waals surface area contributed by atoms with E-state index in [-0.39, 0.29) is 42.2 Å². The maximum absolute atomic E-state index is 13.0. The topological polar surface area (TPSA) is 62.3 Å². The molecular weight excluding hydrogens is 371 g/mol. The molecule has 0 unspecified atom stereocenters. The lowest BCUT2D eigenvalue weighted by Crippen LogP contribution is -2.35. The third-order valence-electron chi connectivity index (χ3n) is 5.06. The van der Waals surface area contributed by atoms with E-state index in [2.05, 4.69) is 10.3 Å². The minimum atomic E-state index is -4.57. The van der Waals surface area contributed by atoms with Gasteiger partial charge >= 0.3 is 6.18 Å². The molecular formula is C17H19ClF3N3O2. The van der Waals surface area contributed by atoms with Gasteiger partial charge in [0.05, 0.1) is 16.0 Å². The number of carbonyl (C=O) groups excluding carboxylic acids is 2. The second-order valence-corrected chi connectivity index (χ2v) is 7.28. The summed E-state index contributed by atoms with van der Waals surface area (Å²) in [7, 11) is 0. The SMILES string of the molecule is O=C1CC2(CCCC2)C(=O)N1CCCNc1ncc(Cl)cc1C(F)(F)F. The molecule has 1 aliphatic heterocycles. The number of hydrogen-bond acceptors (Lipinski definition) is 4. The van der Waals surface area contributed by atoms with E-state index >= 15 is 0 Å². The molecule has 0 atom stereocenters. The summed E-state index contributed by atoms with van der Waals surface area (Å²) in [5.74, 6) is -0.619. The monoisotopic (exact) mass is 389 g/mol. The first-order valence-electron chi connectivity index (χ1n) is 8.54. The first-order valence-corrected chi connectivity index (χ1v) is 8.92. The van der Waals surface area contributed by atoms with Crippen LogP contribution < -0.4 is 5.32 Å². The number of likely N-dealkylation sites (tertiary alicyclic amines) is 1. The van der Waals surface area contributed by atoms with Crippen LogP contribution in [0.4, 0.5) is 19.0 Å². The zero-order chi connectivity index (χ0) is 18.9. The predicted molar refractivity (Wildman–Crippen MR) is 89.6 cm³/mol. The van der Waals surface area contributed by atoms with Gasteiger partial charge < -0.3 is 5.32 Å². The average molecular weight is 390 g/mol. The second kappa shape index (κ2) is 7.06. The molecule has 142 valence electrons. The smallest absolute Gasteiger partial charge is 0.370 e. The fourth-order valence-electron chi connectivity index (χ4n) is 3.77. The fourth-order valence-corrected chi connectivity index (χ4v) is 3.93. The Hall–Kier alpha value is -1.83. The number of rotatable bonds is 5. The number of imide groups is 1. The van der Waals surface area contributed by atoms with Gasteiger partial charge in [-0.15, -0.1) is 0 Å². The minimum Gasteiger partial charge on any atom is -0.370 e. The number of carbonyl (C=O) groups is 2. The summed E-state index contributed by atoms with van der Waals surface area (Å²) in [5.41, 5.74) is -1.46. The van der Waals surface area contributed by atoms with E-state index in [1.54, 1.807) is 0 Å². The van der Waals surface area contributed by atoms with Crippen molar-refractivity contribution in [3.63, 3.8) is 0 Å². The van der Waals surface area contributed by atoms with Crippen LogP contribution in [-0.4, -0.2) is 34.8 Å². The van der Waals surface area contributed by atoms with Crippen molar-refractivity contribution in [1.82, 2.24) is 9.88 Å². The highest BCUT2D eigenvalue weighted by Crippen LogP contribution is 2.46. The number of aromatic nitrogens is 1. The van der Waals surface area contributed by atoms with E-state index in [4.69, 9.17) is 11.6 Å².